The van der Waals surface area contributed by atoms with Gasteiger partial charge in [-0.15, -0.1) is 11.3 Å². The molecule has 0 atom stereocenters. The molecule has 0 bridgehead atoms. The summed E-state index contributed by atoms with van der Waals surface area (Å²) in [7, 11) is 1.64. The number of nitrogens with one attached hydrogen (secondary N) is 1. The van der Waals surface area contributed by atoms with Gasteiger partial charge in [0.05, 0.1) is 41.3 Å². The SMILES string of the molecule is COc1ccc(-c2[nH]ncc2C(=O)N2CCN(Cc3nc4ccccc4s3)CC2)cc1. The highest BCUT2D eigenvalue weighted by atomic mass is 32.1. The van der Waals surface area contributed by atoms with Gasteiger partial charge >= 0.3 is 0 Å². The van der Waals surface area contributed by atoms with Gasteiger partial charge < -0.3 is 9.64 Å². The molecule has 2 aromatic heterocycles. The summed E-state index contributed by atoms with van der Waals surface area (Å²) in [6, 6.07) is 15.8. The normalized spacial score (nSPS) is 14.8. The maximum absolute atomic E-state index is 13.2. The molecule has 1 aliphatic heterocycles. The van der Waals surface area contributed by atoms with Gasteiger partial charge in [0, 0.05) is 31.7 Å². The lowest BCUT2D eigenvalue weighted by Crippen LogP contribution is -2.48. The Morgan fingerprint density at radius 2 is 1.87 bits per heavy atom. The van der Waals surface area contributed by atoms with Crippen molar-refractivity contribution in [2.24, 2.45) is 0 Å². The summed E-state index contributed by atoms with van der Waals surface area (Å²) in [5.41, 5.74) is 3.31. The molecule has 158 valence electrons. The van der Waals surface area contributed by atoms with Crippen LogP contribution in [-0.2, 0) is 6.54 Å². The molecule has 0 aliphatic carbocycles. The molecular weight excluding hydrogens is 410 g/mol. The number of thiazole rings is 1. The average molecular weight is 434 g/mol. The monoisotopic (exact) mass is 433 g/mol. The number of para-hydroxylation sites is 1. The average Bonchev–Trinajstić information content (AvgIpc) is 3.46. The number of H-pyrrole nitrogens is 1. The first kappa shape index (κ1) is 19.7. The predicted octanol–water partition coefficient (Wildman–Crippen LogP) is 3.65. The summed E-state index contributed by atoms with van der Waals surface area (Å²) >= 11 is 1.74. The van der Waals surface area contributed by atoms with Crippen molar-refractivity contribution in [2.45, 2.75) is 6.54 Å². The third-order valence-corrected chi connectivity index (χ3v) is 6.63. The van der Waals surface area contributed by atoms with Gasteiger partial charge in [-0.3, -0.25) is 14.8 Å². The van der Waals surface area contributed by atoms with E-state index in [-0.39, 0.29) is 5.91 Å². The van der Waals surface area contributed by atoms with Crippen molar-refractivity contribution >= 4 is 27.5 Å². The van der Waals surface area contributed by atoms with Gasteiger partial charge in [0.25, 0.3) is 5.91 Å². The molecule has 1 N–H and O–H groups in total. The minimum absolute atomic E-state index is 0.0132. The number of amides is 1. The molecule has 1 fully saturated rings. The number of benzene rings is 2. The molecule has 0 unspecified atom stereocenters. The van der Waals surface area contributed by atoms with Crippen LogP contribution in [0.2, 0.25) is 0 Å². The van der Waals surface area contributed by atoms with Crippen molar-refractivity contribution in [1.82, 2.24) is 25.0 Å². The molecule has 0 spiro atoms. The van der Waals surface area contributed by atoms with Crippen LogP contribution in [0.25, 0.3) is 21.5 Å². The fraction of sp³-hybridized carbons (Fsp3) is 0.261. The summed E-state index contributed by atoms with van der Waals surface area (Å²) in [6.07, 6.45) is 1.62. The quantitative estimate of drug-likeness (QED) is 0.520. The lowest BCUT2D eigenvalue weighted by molar-refractivity contribution is 0.0629. The molecule has 7 nitrogen and oxygen atoms in total. The third kappa shape index (κ3) is 4.04. The first-order valence-electron chi connectivity index (χ1n) is 10.2. The largest absolute Gasteiger partial charge is 0.497 e. The fourth-order valence-electron chi connectivity index (χ4n) is 3.88. The number of rotatable bonds is 5. The maximum atomic E-state index is 13.2. The van der Waals surface area contributed by atoms with Crippen LogP contribution in [0.15, 0.2) is 54.7 Å². The molecule has 31 heavy (non-hydrogen) atoms. The van der Waals surface area contributed by atoms with Crippen LogP contribution in [0.1, 0.15) is 15.4 Å². The van der Waals surface area contributed by atoms with Crippen LogP contribution < -0.4 is 4.74 Å². The Morgan fingerprint density at radius 1 is 1.10 bits per heavy atom. The van der Waals surface area contributed by atoms with Crippen LogP contribution in [0, 0.1) is 0 Å². The molecule has 5 rings (SSSR count). The van der Waals surface area contributed by atoms with Gasteiger partial charge in [-0.1, -0.05) is 12.1 Å². The lowest BCUT2D eigenvalue weighted by atomic mass is 10.1. The van der Waals surface area contributed by atoms with Gasteiger partial charge in [0.1, 0.15) is 10.8 Å². The molecule has 1 aliphatic rings. The van der Waals surface area contributed by atoms with E-state index in [9.17, 15) is 4.79 Å². The zero-order chi connectivity index (χ0) is 21.2. The highest BCUT2D eigenvalue weighted by molar-refractivity contribution is 7.18. The number of methoxy groups -OCH3 is 1. The van der Waals surface area contributed by atoms with Crippen molar-refractivity contribution in [1.29, 1.82) is 0 Å². The highest BCUT2D eigenvalue weighted by Crippen LogP contribution is 2.26. The number of aromatic amines is 1. The van der Waals surface area contributed by atoms with Crippen LogP contribution in [0.4, 0.5) is 0 Å². The molecule has 1 amide bonds. The van der Waals surface area contributed by atoms with E-state index in [4.69, 9.17) is 9.72 Å². The Hall–Kier alpha value is -3.23. The molecule has 0 saturated carbocycles. The fourth-order valence-corrected chi connectivity index (χ4v) is 4.89. The molecule has 8 heteroatoms. The van der Waals surface area contributed by atoms with Crippen molar-refractivity contribution < 1.29 is 9.53 Å². The van der Waals surface area contributed by atoms with E-state index in [2.05, 4.69) is 27.2 Å². The van der Waals surface area contributed by atoms with Gasteiger partial charge in [-0.25, -0.2) is 4.98 Å². The third-order valence-electron chi connectivity index (χ3n) is 5.60. The molecule has 2 aromatic carbocycles. The Kier molecular flexibility index (Phi) is 5.40. The zero-order valence-corrected chi connectivity index (χ0v) is 18.1. The Morgan fingerprint density at radius 3 is 2.61 bits per heavy atom. The van der Waals surface area contributed by atoms with Crippen molar-refractivity contribution in [3.05, 3.63) is 65.3 Å². The smallest absolute Gasteiger partial charge is 0.257 e. The number of piperazine rings is 1. The van der Waals surface area contributed by atoms with Crippen molar-refractivity contribution in [3.8, 4) is 17.0 Å². The number of carbonyl (C=O) groups is 1. The van der Waals surface area contributed by atoms with Gasteiger partial charge in [0.15, 0.2) is 0 Å². The Labute approximate surface area is 184 Å². The second-order valence-electron chi connectivity index (χ2n) is 7.53. The summed E-state index contributed by atoms with van der Waals surface area (Å²) in [6.45, 7) is 3.87. The molecule has 4 aromatic rings. The van der Waals surface area contributed by atoms with E-state index in [0.717, 1.165) is 47.2 Å². The van der Waals surface area contributed by atoms with E-state index >= 15 is 0 Å². The van der Waals surface area contributed by atoms with Crippen LogP contribution >= 0.6 is 11.3 Å². The van der Waals surface area contributed by atoms with Gasteiger partial charge in [0.2, 0.25) is 0 Å². The second kappa shape index (κ2) is 8.49. The number of fused-ring (bicyclic) bond motifs is 1. The first-order valence-corrected chi connectivity index (χ1v) is 11.1. The van der Waals surface area contributed by atoms with E-state index < -0.39 is 0 Å². The van der Waals surface area contributed by atoms with E-state index in [0.29, 0.717) is 18.7 Å². The molecular formula is C23H23N5O2S. The summed E-state index contributed by atoms with van der Waals surface area (Å²) in [5.74, 6) is 0.791. The molecule has 3 heterocycles. The topological polar surface area (TPSA) is 74.3 Å². The van der Waals surface area contributed by atoms with Crippen LogP contribution in [0.3, 0.4) is 0 Å². The summed E-state index contributed by atoms with van der Waals surface area (Å²) in [4.78, 5) is 22.2. The zero-order valence-electron chi connectivity index (χ0n) is 17.2. The van der Waals surface area contributed by atoms with Crippen LogP contribution in [-0.4, -0.2) is 64.2 Å². The van der Waals surface area contributed by atoms with Crippen LogP contribution in [0.5, 0.6) is 5.75 Å². The van der Waals surface area contributed by atoms with Gasteiger partial charge in [-0.2, -0.15) is 5.10 Å². The number of nitrogens with zero attached hydrogens (tertiary/aromatic N) is 4. The Balaban J connectivity index is 1.23. The summed E-state index contributed by atoms with van der Waals surface area (Å²) < 4.78 is 6.44. The van der Waals surface area contributed by atoms with E-state index in [1.165, 1.54) is 4.70 Å². The van der Waals surface area contributed by atoms with Gasteiger partial charge in [-0.05, 0) is 36.4 Å². The number of hydrogen-bond donors (Lipinski definition) is 1. The molecule has 0 radical (unpaired) electrons. The summed E-state index contributed by atoms with van der Waals surface area (Å²) in [5, 5.41) is 8.23. The highest BCUT2D eigenvalue weighted by Gasteiger charge is 2.25. The number of carbonyl (C=O) groups excluding carboxylic acids is 1. The first-order chi connectivity index (χ1) is 15.2. The number of ether oxygens (including phenoxy) is 1. The minimum Gasteiger partial charge on any atom is -0.497 e. The number of hydrogen-bond acceptors (Lipinski definition) is 6. The molecule has 1 saturated heterocycles. The predicted molar refractivity (Wildman–Crippen MR) is 121 cm³/mol. The van der Waals surface area contributed by atoms with E-state index in [1.807, 2.05) is 41.3 Å². The lowest BCUT2D eigenvalue weighted by Gasteiger charge is -2.34. The second-order valence-corrected chi connectivity index (χ2v) is 8.65. The standard InChI is InChI=1S/C23H23N5O2S/c1-30-17-8-6-16(7-9-17)22-18(14-24-26-22)23(29)28-12-10-27(11-13-28)15-21-25-19-4-2-3-5-20(19)31-21/h2-9,14H,10-13,15H2,1H3,(H,24,26). The van der Waals surface area contributed by atoms with E-state index in [1.54, 1.807) is 24.6 Å². The maximum Gasteiger partial charge on any atom is 0.257 e. The number of aromatic nitrogens is 3. The van der Waals surface area contributed by atoms with Crippen molar-refractivity contribution in [2.75, 3.05) is 33.3 Å². The Bertz CT molecular complexity index is 1160. The van der Waals surface area contributed by atoms with Crippen molar-refractivity contribution in [3.63, 3.8) is 0 Å². The minimum atomic E-state index is 0.0132.